The lowest BCUT2D eigenvalue weighted by atomic mass is 10.1. The van der Waals surface area contributed by atoms with Crippen LogP contribution in [-0.4, -0.2) is 177 Å². The molecule has 410 valence electrons. The van der Waals surface area contributed by atoms with Gasteiger partial charge in [-0.2, -0.15) is 8.62 Å². The van der Waals surface area contributed by atoms with E-state index in [1.165, 1.54) is 40.3 Å². The van der Waals surface area contributed by atoms with E-state index in [1.807, 2.05) is 0 Å². The zero-order valence-corrected chi connectivity index (χ0v) is 42.5. The first-order chi connectivity index (χ1) is 35.2. The SMILES string of the molecule is COC1[C@@H](COP(=O)(O)OP(=O)(O)OP(=O)(O)OC[C@H]2O[C@@H](n3cnc4c(N)ncnc43)[C@@H](OC)C2OP(=O)(O)C[C@H]2O[C@@H](n3cnc4c(=O)[nH]c(C)nc43)[C@@H](O)C2O)O[C@@H]([n+]2cn(C)c3c(=O)[nH]c(N)nc32)[C@H]1O. The number of aryl methyl sites for hydroxylation is 2. The lowest BCUT2D eigenvalue weighted by Gasteiger charge is -2.27. The average Bonchev–Trinajstić information content (AvgIpc) is 4.16. The number of aliphatic hydroxyl groups excluding tert-OH is 3. The number of hydrogen-bond donors (Lipinski definition) is 11. The summed E-state index contributed by atoms with van der Waals surface area (Å²) in [6.07, 6.45) is -15.4. The minimum absolute atomic E-state index is 0.0264. The van der Waals surface area contributed by atoms with Crippen molar-refractivity contribution in [2.24, 2.45) is 7.05 Å². The van der Waals surface area contributed by atoms with Crippen molar-refractivity contribution in [1.29, 1.82) is 0 Å². The molecular formula is C34H47N14O23P4+. The average molecular weight is 1140 g/mol. The third-order valence-electron chi connectivity index (χ3n) is 11.9. The number of hydrogen-bond acceptors (Lipinski definition) is 27. The number of nitrogens with two attached hydrogens (primary N) is 2. The number of nitrogens with one attached hydrogen (secondary N) is 2. The molecule has 16 atom stereocenters. The van der Waals surface area contributed by atoms with Crippen LogP contribution in [0, 0.1) is 6.92 Å². The summed E-state index contributed by atoms with van der Waals surface area (Å²) in [6.45, 7) is -0.752. The Hall–Kier alpha value is -4.91. The molecule has 0 aromatic carbocycles. The largest absolute Gasteiger partial charge is 0.490 e. The van der Waals surface area contributed by atoms with Crippen LogP contribution in [0.4, 0.5) is 11.8 Å². The van der Waals surface area contributed by atoms with Crippen molar-refractivity contribution in [2.75, 3.05) is 45.1 Å². The second-order valence-corrected chi connectivity index (χ2v) is 23.4. The molecule has 0 saturated carbocycles. The first-order valence-electron chi connectivity index (χ1n) is 21.6. The second-order valence-electron chi connectivity index (χ2n) is 16.9. The summed E-state index contributed by atoms with van der Waals surface area (Å²) in [5.74, 6) is -0.167. The van der Waals surface area contributed by atoms with Gasteiger partial charge in [-0.15, -0.1) is 0 Å². The molecule has 0 radical (unpaired) electrons. The van der Waals surface area contributed by atoms with Crippen molar-refractivity contribution >= 4 is 76.3 Å². The zero-order valence-electron chi connectivity index (χ0n) is 38.9. The number of phosphoric acid groups is 3. The number of nitrogen functional groups attached to an aromatic ring is 2. The van der Waals surface area contributed by atoms with Crippen molar-refractivity contribution < 1.29 is 104 Å². The number of phosphoric ester groups is 2. The fraction of sp³-hybridized carbons (Fsp3) is 0.559. The van der Waals surface area contributed by atoms with Gasteiger partial charge in [0, 0.05) is 14.2 Å². The van der Waals surface area contributed by atoms with Gasteiger partial charge in [-0.3, -0.25) is 46.4 Å². The van der Waals surface area contributed by atoms with Gasteiger partial charge in [-0.25, -0.2) is 43.2 Å². The van der Waals surface area contributed by atoms with Crippen LogP contribution in [0.5, 0.6) is 0 Å². The van der Waals surface area contributed by atoms with E-state index in [1.54, 1.807) is 0 Å². The molecule has 6 aromatic heterocycles. The molecule has 37 nitrogen and oxygen atoms in total. The molecule has 9 rings (SSSR count). The standard InChI is InChI=1S/C34H46N14O23P4/c1-12-41-27-17(29(52)42-12)40-10-47(27)31-20(50)19(49)15(68-31)7-72(54,55)69-23-14(67-33(24(23)63-4)46-9-39-16-25(35)37-8-38-26(16)46)6-65-74(58,59)71-75(60,61)70-73(56,57)64-5-13-22(62-3)21(51)32(66-13)48-11-45(2)18-28(48)43-34(36)44-30(18)53/h8-11,13-15,19-24,31-33,49-51H,5-7H2,1-4H3,(H9-,35,36,37,38,41,42,43,44,52,53,54,55,56,57,58,59,60,61)/p+1/t13-,14-,15-,19?,20+,21+,22?,23?,24+,31-,32-,33-/m1/s1. The number of ether oxygens (including phenoxy) is 5. The number of anilines is 2. The van der Waals surface area contributed by atoms with E-state index in [-0.39, 0.29) is 51.1 Å². The summed E-state index contributed by atoms with van der Waals surface area (Å²) in [5, 5.41) is 33.1. The first-order valence-corrected chi connectivity index (χ1v) is 27.8. The molecule has 6 aromatic rings. The zero-order chi connectivity index (χ0) is 54.3. The molecule has 9 heterocycles. The van der Waals surface area contributed by atoms with E-state index in [4.69, 9.17) is 48.7 Å². The highest BCUT2D eigenvalue weighted by molar-refractivity contribution is 7.66. The third kappa shape index (κ3) is 10.9. The Morgan fingerprint density at radius 2 is 1.33 bits per heavy atom. The van der Waals surface area contributed by atoms with E-state index in [0.29, 0.717) is 0 Å². The van der Waals surface area contributed by atoms with Crippen LogP contribution in [0.1, 0.15) is 24.5 Å². The molecule has 3 fully saturated rings. The molecule has 0 spiro atoms. The summed E-state index contributed by atoms with van der Waals surface area (Å²) >= 11 is 0. The minimum atomic E-state index is -6.17. The highest BCUT2D eigenvalue weighted by Gasteiger charge is 2.54. The van der Waals surface area contributed by atoms with Crippen LogP contribution >= 0.6 is 31.1 Å². The van der Waals surface area contributed by atoms with Crippen LogP contribution in [0.2, 0.25) is 0 Å². The van der Waals surface area contributed by atoms with E-state index in [2.05, 4.69) is 48.5 Å². The number of imidazole rings is 3. The molecule has 3 saturated heterocycles. The molecule has 0 bridgehead atoms. The summed E-state index contributed by atoms with van der Waals surface area (Å²) in [6, 6.07) is 0. The number of nitrogens with zero attached hydrogens (tertiary/aromatic N) is 10. The lowest BCUT2D eigenvalue weighted by Crippen LogP contribution is -2.46. The molecule has 3 aliphatic heterocycles. The predicted octanol–water partition coefficient (Wildman–Crippen LogP) is -3.26. The second kappa shape index (κ2) is 20.5. The Balaban J connectivity index is 0.882. The molecule has 7 unspecified atom stereocenters. The van der Waals surface area contributed by atoms with Crippen molar-refractivity contribution in [3.8, 4) is 0 Å². The number of H-pyrrole nitrogens is 2. The molecule has 75 heavy (non-hydrogen) atoms. The van der Waals surface area contributed by atoms with Crippen molar-refractivity contribution in [3.63, 3.8) is 0 Å². The first kappa shape index (κ1) is 54.9. The molecular weight excluding hydrogens is 1100 g/mol. The van der Waals surface area contributed by atoms with Gasteiger partial charge in [0.05, 0.1) is 39.1 Å². The van der Waals surface area contributed by atoms with Crippen LogP contribution in [0.15, 0.2) is 34.9 Å². The smallest absolute Gasteiger partial charge is 0.387 e. The maximum absolute atomic E-state index is 14.0. The fourth-order valence-corrected chi connectivity index (χ4v) is 13.8. The number of fused-ring (bicyclic) bond motifs is 3. The van der Waals surface area contributed by atoms with Crippen molar-refractivity contribution in [1.82, 2.24) is 53.6 Å². The number of methoxy groups -OCH3 is 2. The quantitative estimate of drug-likeness (QED) is 0.0280. The van der Waals surface area contributed by atoms with Crippen molar-refractivity contribution in [2.45, 2.75) is 80.5 Å². The number of aliphatic hydroxyl groups is 3. The molecule has 0 amide bonds. The van der Waals surface area contributed by atoms with Gasteiger partial charge in [0.25, 0.3) is 17.1 Å². The monoisotopic (exact) mass is 1140 g/mol. The van der Waals surface area contributed by atoms with Crippen LogP contribution in [0.25, 0.3) is 33.5 Å². The third-order valence-corrected chi connectivity index (χ3v) is 17.6. The summed E-state index contributed by atoms with van der Waals surface area (Å²) in [4.78, 5) is 97.2. The number of aromatic amines is 2. The molecule has 13 N–H and O–H groups in total. The predicted molar refractivity (Wildman–Crippen MR) is 243 cm³/mol. The normalized spacial score (nSPS) is 30.5. The Morgan fingerprint density at radius 1 is 0.720 bits per heavy atom. The molecule has 0 aliphatic carbocycles. The Morgan fingerprint density at radius 3 is 1.99 bits per heavy atom. The summed E-state index contributed by atoms with van der Waals surface area (Å²) < 4.78 is 111. The Labute approximate surface area is 417 Å². The topological polar surface area (TPSA) is 516 Å². The Kier molecular flexibility index (Phi) is 15.0. The van der Waals surface area contributed by atoms with Gasteiger partial charge in [0.1, 0.15) is 72.6 Å². The minimum Gasteiger partial charge on any atom is -0.387 e. The van der Waals surface area contributed by atoms with E-state index in [9.17, 15) is 62.7 Å². The van der Waals surface area contributed by atoms with Crippen LogP contribution in [-0.2, 0) is 71.2 Å². The van der Waals surface area contributed by atoms with Crippen LogP contribution < -0.4 is 27.2 Å². The van der Waals surface area contributed by atoms with Gasteiger partial charge in [0.15, 0.2) is 41.4 Å². The lowest BCUT2D eigenvalue weighted by molar-refractivity contribution is -0.745. The van der Waals surface area contributed by atoms with E-state index >= 15 is 0 Å². The van der Waals surface area contributed by atoms with Gasteiger partial charge in [-0.05, 0) is 6.92 Å². The van der Waals surface area contributed by atoms with E-state index < -0.39 is 135 Å². The highest BCUT2D eigenvalue weighted by atomic mass is 31.3. The fourth-order valence-electron chi connectivity index (χ4n) is 8.78. The van der Waals surface area contributed by atoms with E-state index in [0.717, 1.165) is 31.4 Å². The van der Waals surface area contributed by atoms with Gasteiger partial charge in [-0.1, -0.05) is 4.98 Å². The molecule has 3 aliphatic rings. The van der Waals surface area contributed by atoms with Gasteiger partial charge in [0.2, 0.25) is 11.7 Å². The van der Waals surface area contributed by atoms with Gasteiger partial charge >= 0.3 is 36.7 Å². The number of rotatable bonds is 19. The summed E-state index contributed by atoms with van der Waals surface area (Å²) in [7, 11) is -19.3. The van der Waals surface area contributed by atoms with Crippen molar-refractivity contribution in [3.05, 3.63) is 51.8 Å². The van der Waals surface area contributed by atoms with Crippen LogP contribution in [0.3, 0.4) is 0 Å². The Bertz CT molecular complexity index is 3470. The summed E-state index contributed by atoms with van der Waals surface area (Å²) in [5.41, 5.74) is 10.3. The maximum atomic E-state index is 14.0. The number of aromatic nitrogens is 12. The maximum Gasteiger partial charge on any atom is 0.490 e. The molecule has 41 heteroatoms. The highest BCUT2D eigenvalue weighted by Crippen LogP contribution is 2.68. The van der Waals surface area contributed by atoms with Gasteiger partial charge < -0.3 is 75.0 Å².